The van der Waals surface area contributed by atoms with E-state index in [1.807, 2.05) is 0 Å². The molecule has 0 aromatic carbocycles. The van der Waals surface area contributed by atoms with Gasteiger partial charge in [-0.1, -0.05) is 25.8 Å². The van der Waals surface area contributed by atoms with Crippen molar-refractivity contribution < 1.29 is 0 Å². The molecule has 1 aromatic rings. The van der Waals surface area contributed by atoms with Crippen molar-refractivity contribution in [2.75, 3.05) is 6.54 Å². The van der Waals surface area contributed by atoms with Gasteiger partial charge in [0, 0.05) is 11.7 Å². The van der Waals surface area contributed by atoms with Crippen LogP contribution in [0.15, 0.2) is 18.2 Å². The summed E-state index contributed by atoms with van der Waals surface area (Å²) in [5, 5.41) is 3.63. The van der Waals surface area contributed by atoms with Crippen molar-refractivity contribution in [2.45, 2.75) is 52.0 Å². The molecular weight excluding hydrogens is 208 g/mol. The number of hydrogen-bond acceptors (Lipinski definition) is 2. The number of aromatic nitrogens is 1. The van der Waals surface area contributed by atoms with E-state index in [1.165, 1.54) is 37.8 Å². The van der Waals surface area contributed by atoms with Gasteiger partial charge in [-0.3, -0.25) is 4.98 Å². The summed E-state index contributed by atoms with van der Waals surface area (Å²) in [6, 6.07) is 6.81. The molecule has 1 saturated carbocycles. The first-order valence-corrected chi connectivity index (χ1v) is 6.96. The predicted molar refractivity (Wildman–Crippen MR) is 72.0 cm³/mol. The largest absolute Gasteiger partial charge is 0.309 e. The van der Waals surface area contributed by atoms with Crippen LogP contribution >= 0.6 is 0 Å². The van der Waals surface area contributed by atoms with Gasteiger partial charge >= 0.3 is 0 Å². The molecule has 1 N–H and O–H groups in total. The Morgan fingerprint density at radius 3 is 2.88 bits per heavy atom. The molecule has 1 aliphatic carbocycles. The number of nitrogens with zero attached hydrogens (tertiary/aromatic N) is 1. The number of pyridine rings is 1. The zero-order valence-electron chi connectivity index (χ0n) is 11.1. The normalized spacial score (nSPS) is 17.1. The van der Waals surface area contributed by atoms with Gasteiger partial charge in [-0.05, 0) is 50.8 Å². The summed E-state index contributed by atoms with van der Waals surface area (Å²) < 4.78 is 0. The second-order valence-corrected chi connectivity index (χ2v) is 5.23. The van der Waals surface area contributed by atoms with Gasteiger partial charge in [-0.25, -0.2) is 0 Å². The monoisotopic (exact) mass is 232 g/mol. The van der Waals surface area contributed by atoms with Crippen LogP contribution in [0.3, 0.4) is 0 Å². The number of rotatable bonds is 7. The van der Waals surface area contributed by atoms with E-state index in [0.29, 0.717) is 6.04 Å². The first kappa shape index (κ1) is 12.6. The number of hydrogen-bond donors (Lipinski definition) is 1. The molecule has 0 amide bonds. The summed E-state index contributed by atoms with van der Waals surface area (Å²) in [6.45, 7) is 5.38. The topological polar surface area (TPSA) is 24.9 Å². The first-order valence-electron chi connectivity index (χ1n) is 6.96. The molecule has 0 saturated heterocycles. The summed E-state index contributed by atoms with van der Waals surface area (Å²) in [6.07, 6.45) is 6.67. The Morgan fingerprint density at radius 1 is 1.41 bits per heavy atom. The maximum absolute atomic E-state index is 4.66. The van der Waals surface area contributed by atoms with Crippen molar-refractivity contribution in [2.24, 2.45) is 5.92 Å². The third kappa shape index (κ3) is 4.12. The lowest BCUT2D eigenvalue weighted by Crippen LogP contribution is -2.23. The minimum Gasteiger partial charge on any atom is -0.309 e. The van der Waals surface area contributed by atoms with Crippen LogP contribution in [0.1, 0.15) is 56.5 Å². The van der Waals surface area contributed by atoms with Gasteiger partial charge in [0.2, 0.25) is 0 Å². The van der Waals surface area contributed by atoms with Crippen LogP contribution < -0.4 is 5.32 Å². The third-order valence-electron chi connectivity index (χ3n) is 3.47. The highest BCUT2D eigenvalue weighted by atomic mass is 14.9. The molecule has 1 aliphatic rings. The van der Waals surface area contributed by atoms with E-state index in [9.17, 15) is 0 Å². The lowest BCUT2D eigenvalue weighted by atomic mass is 10.0. The molecule has 2 rings (SSSR count). The van der Waals surface area contributed by atoms with Crippen LogP contribution in [-0.4, -0.2) is 11.5 Å². The minimum atomic E-state index is 0.454. The smallest absolute Gasteiger partial charge is 0.0576 e. The summed E-state index contributed by atoms with van der Waals surface area (Å²) in [5.74, 6) is 1.01. The molecule has 2 heteroatoms. The molecule has 2 nitrogen and oxygen atoms in total. The summed E-state index contributed by atoms with van der Waals surface area (Å²) >= 11 is 0. The van der Waals surface area contributed by atoms with Crippen molar-refractivity contribution >= 4 is 0 Å². The fourth-order valence-corrected chi connectivity index (χ4v) is 2.24. The van der Waals surface area contributed by atoms with Crippen LogP contribution in [-0.2, 0) is 0 Å². The van der Waals surface area contributed by atoms with Crippen molar-refractivity contribution in [1.82, 2.24) is 10.3 Å². The molecule has 1 fully saturated rings. The van der Waals surface area contributed by atoms with Crippen LogP contribution in [0.5, 0.6) is 0 Å². The molecule has 1 atom stereocenters. The average Bonchev–Trinajstić information content (AvgIpc) is 3.13. The van der Waals surface area contributed by atoms with Crippen LogP contribution in [0.2, 0.25) is 0 Å². The van der Waals surface area contributed by atoms with Crippen LogP contribution in [0, 0.1) is 12.8 Å². The maximum Gasteiger partial charge on any atom is 0.0576 e. The van der Waals surface area contributed by atoms with Gasteiger partial charge in [-0.2, -0.15) is 0 Å². The Hall–Kier alpha value is -0.890. The summed E-state index contributed by atoms with van der Waals surface area (Å²) in [5.41, 5.74) is 2.34. The molecular formula is C15H24N2. The molecule has 1 aromatic heterocycles. The van der Waals surface area contributed by atoms with E-state index in [1.54, 1.807) is 0 Å². The van der Waals surface area contributed by atoms with Gasteiger partial charge in [0.05, 0.1) is 5.69 Å². The fourth-order valence-electron chi connectivity index (χ4n) is 2.24. The second-order valence-electron chi connectivity index (χ2n) is 5.23. The summed E-state index contributed by atoms with van der Waals surface area (Å²) in [4.78, 5) is 4.66. The van der Waals surface area contributed by atoms with E-state index in [2.05, 4.69) is 42.3 Å². The molecule has 17 heavy (non-hydrogen) atoms. The predicted octanol–water partition coefficient (Wildman–Crippen LogP) is 3.62. The quantitative estimate of drug-likeness (QED) is 0.776. The van der Waals surface area contributed by atoms with Crippen molar-refractivity contribution in [1.29, 1.82) is 0 Å². The molecule has 0 bridgehead atoms. The highest BCUT2D eigenvalue weighted by molar-refractivity contribution is 5.13. The molecule has 0 radical (unpaired) electrons. The van der Waals surface area contributed by atoms with E-state index >= 15 is 0 Å². The fraction of sp³-hybridized carbons (Fsp3) is 0.667. The Morgan fingerprint density at radius 2 is 2.24 bits per heavy atom. The Kier molecular flexibility index (Phi) is 4.55. The zero-order chi connectivity index (χ0) is 12.1. The third-order valence-corrected chi connectivity index (χ3v) is 3.47. The minimum absolute atomic E-state index is 0.454. The maximum atomic E-state index is 4.66. The standard InChI is InChI=1S/C15H24N2/c1-3-11-16-14(10-9-13-7-8-13)15-6-4-5-12(2)17-15/h4-6,13-14,16H,3,7-11H2,1-2H3. The highest BCUT2D eigenvalue weighted by Gasteiger charge is 2.23. The number of nitrogens with one attached hydrogen (secondary N) is 1. The lowest BCUT2D eigenvalue weighted by molar-refractivity contribution is 0.460. The number of aryl methyl sites for hydroxylation is 1. The Labute approximate surface area is 105 Å². The van der Waals surface area contributed by atoms with Gasteiger partial charge in [-0.15, -0.1) is 0 Å². The van der Waals surface area contributed by atoms with E-state index in [-0.39, 0.29) is 0 Å². The van der Waals surface area contributed by atoms with Crippen molar-refractivity contribution in [3.05, 3.63) is 29.6 Å². The van der Waals surface area contributed by atoms with Gasteiger partial charge in [0.1, 0.15) is 0 Å². The Balaban J connectivity index is 1.96. The zero-order valence-corrected chi connectivity index (χ0v) is 11.1. The Bertz CT molecular complexity index is 345. The second kappa shape index (κ2) is 6.15. The molecule has 0 aliphatic heterocycles. The lowest BCUT2D eigenvalue weighted by Gasteiger charge is -2.18. The van der Waals surface area contributed by atoms with Crippen molar-refractivity contribution in [3.63, 3.8) is 0 Å². The van der Waals surface area contributed by atoms with Crippen LogP contribution in [0.4, 0.5) is 0 Å². The highest BCUT2D eigenvalue weighted by Crippen LogP contribution is 2.35. The van der Waals surface area contributed by atoms with Gasteiger partial charge < -0.3 is 5.32 Å². The molecule has 1 unspecified atom stereocenters. The SMILES string of the molecule is CCCNC(CCC1CC1)c1cccc(C)n1. The van der Waals surface area contributed by atoms with E-state index < -0.39 is 0 Å². The van der Waals surface area contributed by atoms with E-state index in [0.717, 1.165) is 18.2 Å². The van der Waals surface area contributed by atoms with Crippen LogP contribution in [0.25, 0.3) is 0 Å². The first-order chi connectivity index (χ1) is 8.29. The van der Waals surface area contributed by atoms with Crippen molar-refractivity contribution in [3.8, 4) is 0 Å². The van der Waals surface area contributed by atoms with Gasteiger partial charge in [0.25, 0.3) is 0 Å². The molecule has 94 valence electrons. The van der Waals surface area contributed by atoms with Gasteiger partial charge in [0.15, 0.2) is 0 Å². The molecule has 0 spiro atoms. The van der Waals surface area contributed by atoms with E-state index in [4.69, 9.17) is 0 Å². The molecule has 1 heterocycles. The summed E-state index contributed by atoms with van der Waals surface area (Å²) in [7, 11) is 0. The average molecular weight is 232 g/mol.